The predicted octanol–water partition coefficient (Wildman–Crippen LogP) is 1.81. The molecule has 34 heavy (non-hydrogen) atoms. The average molecular weight is 491 g/mol. The quantitative estimate of drug-likeness (QED) is 0.409. The summed E-state index contributed by atoms with van der Waals surface area (Å²) in [5.41, 5.74) is 1.21. The number of benzene rings is 1. The van der Waals surface area contributed by atoms with Gasteiger partial charge in [0, 0.05) is 64.5 Å². The lowest BCUT2D eigenvalue weighted by Gasteiger charge is -2.36. The molecule has 1 saturated carbocycles. The van der Waals surface area contributed by atoms with Crippen molar-refractivity contribution < 1.29 is 18.1 Å². The van der Waals surface area contributed by atoms with Gasteiger partial charge in [0.15, 0.2) is 0 Å². The second-order valence-corrected chi connectivity index (χ2v) is 10.6. The first kappa shape index (κ1) is 24.1. The van der Waals surface area contributed by atoms with E-state index in [-0.39, 0.29) is 41.4 Å². The Morgan fingerprint density at radius 3 is 2.44 bits per heavy atom. The Bertz CT molecular complexity index is 1180. The number of carbonyl (C=O) groups is 1. The number of sulfonamides is 1. The van der Waals surface area contributed by atoms with Crippen molar-refractivity contribution in [3.8, 4) is 0 Å². The summed E-state index contributed by atoms with van der Waals surface area (Å²) in [6, 6.07) is 4.07. The summed E-state index contributed by atoms with van der Waals surface area (Å²) in [5.74, 6) is 0.291. The van der Waals surface area contributed by atoms with Gasteiger partial charge >= 0.3 is 0 Å². The second kappa shape index (κ2) is 9.34. The summed E-state index contributed by atoms with van der Waals surface area (Å²) in [6.07, 6.45) is 4.57. The molecule has 0 bridgehead atoms. The number of nitro benzene ring substituents is 1. The van der Waals surface area contributed by atoms with Crippen LogP contribution in [0.4, 0.5) is 11.4 Å². The highest BCUT2D eigenvalue weighted by Crippen LogP contribution is 2.48. The zero-order valence-electron chi connectivity index (χ0n) is 19.6. The van der Waals surface area contributed by atoms with Gasteiger partial charge in [-0.15, -0.1) is 0 Å². The molecule has 11 nitrogen and oxygen atoms in total. The number of aromatic nitrogens is 2. The zero-order valence-corrected chi connectivity index (χ0v) is 20.4. The minimum Gasteiger partial charge on any atom is -0.362 e. The summed E-state index contributed by atoms with van der Waals surface area (Å²) in [4.78, 5) is 27.8. The maximum absolute atomic E-state index is 12.9. The average Bonchev–Trinajstić information content (AvgIpc) is 3.51. The van der Waals surface area contributed by atoms with Crippen molar-refractivity contribution in [1.82, 2.24) is 19.0 Å². The first-order valence-electron chi connectivity index (χ1n) is 11.5. The fourth-order valence-corrected chi connectivity index (χ4v) is 6.14. The molecule has 2 aliphatic rings. The van der Waals surface area contributed by atoms with Crippen LogP contribution in [0.1, 0.15) is 31.7 Å². The lowest BCUT2D eigenvalue weighted by Crippen LogP contribution is -2.49. The molecule has 1 aliphatic heterocycles. The van der Waals surface area contributed by atoms with Crippen LogP contribution in [0.2, 0.25) is 0 Å². The fourth-order valence-electron chi connectivity index (χ4n) is 4.66. The highest BCUT2D eigenvalue weighted by molar-refractivity contribution is 7.89. The van der Waals surface area contributed by atoms with Crippen molar-refractivity contribution >= 4 is 27.3 Å². The lowest BCUT2D eigenvalue weighted by molar-refractivity contribution is -0.384. The SMILES string of the molecule is CCN(CC)S(=O)(=O)c1ccc(N2CCN(C(=O)C3CC3c3cnn(C)c3)CC2)c([N+](=O)[O-])c1. The molecule has 184 valence electrons. The van der Waals surface area contributed by atoms with E-state index in [1.807, 2.05) is 23.0 Å². The molecular formula is C22H30N6O5S. The molecule has 2 aromatic rings. The van der Waals surface area contributed by atoms with Gasteiger partial charge in [0.2, 0.25) is 15.9 Å². The minimum atomic E-state index is -3.80. The number of nitrogens with zero attached hydrogens (tertiary/aromatic N) is 6. The van der Waals surface area contributed by atoms with Crippen LogP contribution in [0.15, 0.2) is 35.5 Å². The summed E-state index contributed by atoms with van der Waals surface area (Å²) in [7, 11) is -1.95. The molecule has 0 N–H and O–H groups in total. The highest BCUT2D eigenvalue weighted by atomic mass is 32.2. The zero-order chi connectivity index (χ0) is 24.6. The number of piperazine rings is 1. The molecule has 1 aliphatic carbocycles. The fraction of sp³-hybridized carbons (Fsp3) is 0.545. The van der Waals surface area contributed by atoms with Gasteiger partial charge in [-0.05, 0) is 30.0 Å². The third-order valence-corrected chi connectivity index (χ3v) is 8.73. The molecule has 1 amide bonds. The smallest absolute Gasteiger partial charge is 0.293 e. The van der Waals surface area contributed by atoms with E-state index in [9.17, 15) is 23.3 Å². The van der Waals surface area contributed by atoms with Crippen LogP contribution in [0.25, 0.3) is 0 Å². The van der Waals surface area contributed by atoms with Crippen LogP contribution in [0.3, 0.4) is 0 Å². The topological polar surface area (TPSA) is 122 Å². The van der Waals surface area contributed by atoms with Gasteiger partial charge in [0.25, 0.3) is 5.69 Å². The Labute approximate surface area is 199 Å². The van der Waals surface area contributed by atoms with Gasteiger partial charge in [-0.25, -0.2) is 8.42 Å². The monoisotopic (exact) mass is 490 g/mol. The number of nitro groups is 1. The van der Waals surface area contributed by atoms with E-state index < -0.39 is 14.9 Å². The summed E-state index contributed by atoms with van der Waals surface area (Å²) in [5, 5.41) is 16.0. The van der Waals surface area contributed by atoms with Gasteiger partial charge < -0.3 is 9.80 Å². The molecule has 1 aromatic heterocycles. The molecular weight excluding hydrogens is 460 g/mol. The van der Waals surface area contributed by atoms with E-state index in [2.05, 4.69) is 5.10 Å². The lowest BCUT2D eigenvalue weighted by atomic mass is 10.1. The van der Waals surface area contributed by atoms with Gasteiger partial charge in [0.05, 0.1) is 16.0 Å². The Balaban J connectivity index is 1.45. The number of hydrogen-bond acceptors (Lipinski definition) is 7. The van der Waals surface area contributed by atoms with Crippen molar-refractivity contribution in [3.05, 3.63) is 46.3 Å². The van der Waals surface area contributed by atoms with E-state index in [1.54, 1.807) is 24.7 Å². The Hall–Kier alpha value is -2.99. The molecule has 1 saturated heterocycles. The normalized spacial score (nSPS) is 20.6. The number of hydrogen-bond donors (Lipinski definition) is 0. The molecule has 2 atom stereocenters. The predicted molar refractivity (Wildman–Crippen MR) is 126 cm³/mol. The molecule has 0 radical (unpaired) electrons. The maximum atomic E-state index is 12.9. The van der Waals surface area contributed by atoms with E-state index in [0.29, 0.717) is 31.9 Å². The summed E-state index contributed by atoms with van der Waals surface area (Å²) < 4.78 is 28.6. The molecule has 0 spiro atoms. The van der Waals surface area contributed by atoms with Gasteiger partial charge in [-0.3, -0.25) is 19.6 Å². The molecule has 4 rings (SSSR count). The second-order valence-electron chi connectivity index (χ2n) is 8.71. The van der Waals surface area contributed by atoms with Crippen LogP contribution >= 0.6 is 0 Å². The van der Waals surface area contributed by atoms with E-state index in [1.165, 1.54) is 16.4 Å². The van der Waals surface area contributed by atoms with Crippen LogP contribution < -0.4 is 4.90 Å². The number of carbonyl (C=O) groups excluding carboxylic acids is 1. The molecule has 2 heterocycles. The van der Waals surface area contributed by atoms with Crippen LogP contribution in [-0.2, 0) is 21.9 Å². The van der Waals surface area contributed by atoms with Crippen LogP contribution in [0, 0.1) is 16.0 Å². The first-order chi connectivity index (χ1) is 16.2. The van der Waals surface area contributed by atoms with Crippen molar-refractivity contribution in [1.29, 1.82) is 0 Å². The van der Waals surface area contributed by atoms with E-state index in [0.717, 1.165) is 18.1 Å². The largest absolute Gasteiger partial charge is 0.362 e. The highest BCUT2D eigenvalue weighted by Gasteiger charge is 2.46. The van der Waals surface area contributed by atoms with Crippen molar-refractivity contribution in [2.24, 2.45) is 13.0 Å². The number of amides is 1. The Kier molecular flexibility index (Phi) is 6.63. The molecule has 1 aromatic carbocycles. The molecule has 2 fully saturated rings. The van der Waals surface area contributed by atoms with Crippen LogP contribution in [0.5, 0.6) is 0 Å². The molecule has 2 unspecified atom stereocenters. The van der Waals surface area contributed by atoms with Gasteiger partial charge in [0.1, 0.15) is 5.69 Å². The number of aryl methyl sites for hydroxylation is 1. The summed E-state index contributed by atoms with van der Waals surface area (Å²) in [6.45, 7) is 5.84. The van der Waals surface area contributed by atoms with Gasteiger partial charge in [-0.2, -0.15) is 9.40 Å². The standard InChI is InChI=1S/C22H30N6O5S/c1-4-27(5-2)34(32,33)17-6-7-20(21(12-17)28(30)31)25-8-10-26(11-9-25)22(29)19-13-18(19)16-14-23-24(3)15-16/h6-7,12,14-15,18-19H,4-5,8-11,13H2,1-3H3. The maximum Gasteiger partial charge on any atom is 0.293 e. The third kappa shape index (κ3) is 4.51. The number of anilines is 1. The number of rotatable bonds is 8. The van der Waals surface area contributed by atoms with Crippen molar-refractivity contribution in [2.45, 2.75) is 31.1 Å². The summed E-state index contributed by atoms with van der Waals surface area (Å²) >= 11 is 0. The van der Waals surface area contributed by atoms with E-state index >= 15 is 0 Å². The molecule has 12 heteroatoms. The van der Waals surface area contributed by atoms with E-state index in [4.69, 9.17) is 0 Å². The van der Waals surface area contributed by atoms with Crippen LogP contribution in [-0.4, -0.2) is 77.5 Å². The van der Waals surface area contributed by atoms with Crippen molar-refractivity contribution in [3.63, 3.8) is 0 Å². The minimum absolute atomic E-state index is 0.0327. The third-order valence-electron chi connectivity index (χ3n) is 6.68. The van der Waals surface area contributed by atoms with Gasteiger partial charge in [-0.1, -0.05) is 13.8 Å². The Morgan fingerprint density at radius 2 is 1.88 bits per heavy atom. The van der Waals surface area contributed by atoms with Crippen molar-refractivity contribution in [2.75, 3.05) is 44.2 Å². The Morgan fingerprint density at radius 1 is 1.21 bits per heavy atom. The first-order valence-corrected chi connectivity index (χ1v) is 12.9.